The number of carbonyl (C=O) groups excluding carboxylic acids is 2. The molecule has 0 amide bonds. The quantitative estimate of drug-likeness (QED) is 0.199. The summed E-state index contributed by atoms with van der Waals surface area (Å²) in [5.41, 5.74) is 0.463. The zero-order valence-electron chi connectivity index (χ0n) is 13.6. The second-order valence-electron chi connectivity index (χ2n) is 5.04. The lowest BCUT2D eigenvalue weighted by atomic mass is 10.1. The molecule has 128 valence electrons. The largest absolute Gasteiger partial charge is 0.497 e. The van der Waals surface area contributed by atoms with Gasteiger partial charge in [0.25, 0.3) is 5.69 Å². The van der Waals surface area contributed by atoms with Gasteiger partial charge < -0.3 is 9.47 Å². The predicted molar refractivity (Wildman–Crippen MR) is 89.6 cm³/mol. The Morgan fingerprint density at radius 3 is 2.08 bits per heavy atom. The molecule has 2 aromatic carbocycles. The Balaban J connectivity index is 2.05. The maximum Gasteiger partial charge on any atom is 0.343 e. The van der Waals surface area contributed by atoms with E-state index in [1.807, 2.05) is 0 Å². The fraction of sp³-hybridized carbons (Fsp3) is 0.111. The number of ether oxygens (including phenoxy) is 2. The van der Waals surface area contributed by atoms with Crippen LogP contribution < -0.4 is 4.74 Å². The first-order valence-corrected chi connectivity index (χ1v) is 7.24. The van der Waals surface area contributed by atoms with Crippen molar-refractivity contribution >= 4 is 17.4 Å². The monoisotopic (exact) mass is 341 g/mol. The Hall–Kier alpha value is -3.48. The molecule has 0 atom stereocenters. The number of benzene rings is 2. The SMILES string of the molecule is COc1ccc(C(=O)OC(C)=CC(=O)c2ccc([N+](=O)[O-])cc2)cc1. The number of nitro benzene ring substituents is 1. The Kier molecular flexibility index (Phi) is 5.62. The van der Waals surface area contributed by atoms with Crippen molar-refractivity contribution in [2.45, 2.75) is 6.92 Å². The van der Waals surface area contributed by atoms with Gasteiger partial charge in [-0.1, -0.05) is 0 Å². The minimum Gasteiger partial charge on any atom is -0.497 e. The number of allylic oxidation sites excluding steroid dienone is 2. The first-order valence-electron chi connectivity index (χ1n) is 7.24. The highest BCUT2D eigenvalue weighted by Crippen LogP contribution is 2.15. The first kappa shape index (κ1) is 17.9. The molecule has 0 radical (unpaired) electrons. The number of carbonyl (C=O) groups is 2. The van der Waals surface area contributed by atoms with Gasteiger partial charge in [-0.15, -0.1) is 0 Å². The average molecular weight is 341 g/mol. The normalized spacial score (nSPS) is 10.9. The Morgan fingerprint density at radius 1 is 1.00 bits per heavy atom. The number of nitrogens with zero attached hydrogens (tertiary/aromatic N) is 1. The van der Waals surface area contributed by atoms with Crippen LogP contribution in [0.15, 0.2) is 60.4 Å². The smallest absolute Gasteiger partial charge is 0.343 e. The molecule has 0 heterocycles. The molecule has 0 N–H and O–H groups in total. The highest BCUT2D eigenvalue weighted by molar-refractivity contribution is 6.05. The number of non-ortho nitro benzene ring substituents is 1. The lowest BCUT2D eigenvalue weighted by molar-refractivity contribution is -0.384. The summed E-state index contributed by atoms with van der Waals surface area (Å²) in [7, 11) is 1.52. The van der Waals surface area contributed by atoms with Gasteiger partial charge in [0.1, 0.15) is 11.5 Å². The molecule has 0 aromatic heterocycles. The maximum atomic E-state index is 12.1. The van der Waals surface area contributed by atoms with Crippen LogP contribution in [0.25, 0.3) is 0 Å². The van der Waals surface area contributed by atoms with Crippen molar-refractivity contribution < 1.29 is 24.0 Å². The van der Waals surface area contributed by atoms with Gasteiger partial charge >= 0.3 is 5.97 Å². The van der Waals surface area contributed by atoms with Crippen molar-refractivity contribution in [2.75, 3.05) is 7.11 Å². The Labute approximate surface area is 143 Å². The zero-order valence-corrected chi connectivity index (χ0v) is 13.6. The predicted octanol–water partition coefficient (Wildman–Crippen LogP) is 3.55. The van der Waals surface area contributed by atoms with Gasteiger partial charge in [0.05, 0.1) is 17.6 Å². The number of rotatable bonds is 6. The van der Waals surface area contributed by atoms with Crippen molar-refractivity contribution in [1.29, 1.82) is 0 Å². The average Bonchev–Trinajstić information content (AvgIpc) is 2.61. The van der Waals surface area contributed by atoms with Gasteiger partial charge in [0.15, 0.2) is 5.78 Å². The van der Waals surface area contributed by atoms with Crippen molar-refractivity contribution in [3.63, 3.8) is 0 Å². The summed E-state index contributed by atoms with van der Waals surface area (Å²) in [5.74, 6) is -0.302. The van der Waals surface area contributed by atoms with Gasteiger partial charge in [-0.2, -0.15) is 0 Å². The lowest BCUT2D eigenvalue weighted by Gasteiger charge is -2.05. The maximum absolute atomic E-state index is 12.1. The molecule has 0 aliphatic heterocycles. The molecule has 7 nitrogen and oxygen atoms in total. The third-order valence-electron chi connectivity index (χ3n) is 3.28. The number of methoxy groups -OCH3 is 1. The van der Waals surface area contributed by atoms with E-state index in [2.05, 4.69) is 0 Å². The highest BCUT2D eigenvalue weighted by Gasteiger charge is 2.11. The summed E-state index contributed by atoms with van der Waals surface area (Å²) in [6, 6.07) is 11.5. The van der Waals surface area contributed by atoms with Gasteiger partial charge in [-0.3, -0.25) is 14.9 Å². The number of nitro groups is 1. The summed E-state index contributed by atoms with van der Waals surface area (Å²) in [6.07, 6.45) is 1.16. The summed E-state index contributed by atoms with van der Waals surface area (Å²) >= 11 is 0. The molecule has 7 heteroatoms. The van der Waals surface area contributed by atoms with Crippen LogP contribution in [0.5, 0.6) is 5.75 Å². The molecule has 0 bridgehead atoms. The summed E-state index contributed by atoms with van der Waals surface area (Å²) in [6.45, 7) is 1.48. The lowest BCUT2D eigenvalue weighted by Crippen LogP contribution is -2.05. The zero-order chi connectivity index (χ0) is 18.4. The van der Waals surface area contributed by atoms with E-state index in [-0.39, 0.29) is 17.0 Å². The fourth-order valence-electron chi connectivity index (χ4n) is 1.98. The van der Waals surface area contributed by atoms with E-state index < -0.39 is 16.7 Å². The van der Waals surface area contributed by atoms with Crippen LogP contribution in [0.2, 0.25) is 0 Å². The van der Waals surface area contributed by atoms with E-state index in [0.29, 0.717) is 11.3 Å². The third kappa shape index (κ3) is 4.74. The van der Waals surface area contributed by atoms with E-state index >= 15 is 0 Å². The third-order valence-corrected chi connectivity index (χ3v) is 3.28. The molecule has 25 heavy (non-hydrogen) atoms. The van der Waals surface area contributed by atoms with Crippen LogP contribution >= 0.6 is 0 Å². The van der Waals surface area contributed by atoms with E-state index in [1.54, 1.807) is 24.3 Å². The van der Waals surface area contributed by atoms with E-state index in [0.717, 1.165) is 6.08 Å². The van der Waals surface area contributed by atoms with Gasteiger partial charge in [-0.05, 0) is 43.3 Å². The summed E-state index contributed by atoms with van der Waals surface area (Å²) in [4.78, 5) is 34.1. The molecule has 0 aliphatic carbocycles. The molecule has 0 aliphatic rings. The number of esters is 1. The standard InChI is InChI=1S/C18H15NO6/c1-12(25-18(21)14-5-9-16(24-2)10-6-14)11-17(20)13-3-7-15(8-4-13)19(22)23/h3-11H,1-2H3. The van der Waals surface area contributed by atoms with Crippen LogP contribution in [-0.4, -0.2) is 23.8 Å². The molecule has 0 unspecified atom stereocenters. The Bertz CT molecular complexity index is 822. The van der Waals surface area contributed by atoms with Crippen molar-refractivity contribution in [3.8, 4) is 5.75 Å². The van der Waals surface area contributed by atoms with Gasteiger partial charge in [-0.25, -0.2) is 4.79 Å². The summed E-state index contributed by atoms with van der Waals surface area (Å²) < 4.78 is 10.1. The molecule has 0 saturated carbocycles. The van der Waals surface area contributed by atoms with Crippen LogP contribution in [0, 0.1) is 10.1 Å². The first-order chi connectivity index (χ1) is 11.9. The highest BCUT2D eigenvalue weighted by atomic mass is 16.6. The molecule has 0 fully saturated rings. The minimum absolute atomic E-state index is 0.108. The Morgan fingerprint density at radius 2 is 1.56 bits per heavy atom. The van der Waals surface area contributed by atoms with Crippen LogP contribution in [0.1, 0.15) is 27.6 Å². The molecular formula is C18H15NO6. The van der Waals surface area contributed by atoms with Gasteiger partial charge in [0, 0.05) is 23.8 Å². The van der Waals surface area contributed by atoms with Crippen LogP contribution in [0.3, 0.4) is 0 Å². The van der Waals surface area contributed by atoms with Crippen LogP contribution in [0.4, 0.5) is 5.69 Å². The number of hydrogen-bond acceptors (Lipinski definition) is 6. The minimum atomic E-state index is -0.604. The second kappa shape index (κ2) is 7.87. The second-order valence-corrected chi connectivity index (χ2v) is 5.04. The fourth-order valence-corrected chi connectivity index (χ4v) is 1.98. The topological polar surface area (TPSA) is 95.7 Å². The molecular weight excluding hydrogens is 326 g/mol. The van der Waals surface area contributed by atoms with Crippen molar-refractivity contribution in [2.24, 2.45) is 0 Å². The van der Waals surface area contributed by atoms with E-state index in [9.17, 15) is 19.7 Å². The molecule has 0 spiro atoms. The molecule has 2 aromatic rings. The van der Waals surface area contributed by atoms with Crippen molar-refractivity contribution in [1.82, 2.24) is 0 Å². The number of hydrogen-bond donors (Lipinski definition) is 0. The number of ketones is 1. The van der Waals surface area contributed by atoms with Crippen molar-refractivity contribution in [3.05, 3.63) is 81.6 Å². The van der Waals surface area contributed by atoms with E-state index in [4.69, 9.17) is 9.47 Å². The van der Waals surface area contributed by atoms with Gasteiger partial charge in [0.2, 0.25) is 0 Å². The summed E-state index contributed by atoms with van der Waals surface area (Å²) in [5, 5.41) is 10.6. The molecule has 2 rings (SSSR count). The molecule has 0 saturated heterocycles. The van der Waals surface area contributed by atoms with Crippen LogP contribution in [-0.2, 0) is 4.74 Å². The van der Waals surface area contributed by atoms with E-state index in [1.165, 1.54) is 38.3 Å².